The molecule has 0 fully saturated rings. The lowest BCUT2D eigenvalue weighted by molar-refractivity contribution is 0.0949. The van der Waals surface area contributed by atoms with E-state index in [1.807, 2.05) is 24.3 Å². The lowest BCUT2D eigenvalue weighted by atomic mass is 10.1. The highest BCUT2D eigenvalue weighted by Gasteiger charge is 2.11. The predicted molar refractivity (Wildman–Crippen MR) is 105 cm³/mol. The smallest absolute Gasteiger partial charge is 0.269 e. The number of amides is 2. The van der Waals surface area contributed by atoms with E-state index in [1.54, 1.807) is 30.9 Å². The molecule has 7 nitrogen and oxygen atoms in total. The second-order valence-electron chi connectivity index (χ2n) is 6.15. The maximum Gasteiger partial charge on any atom is 0.269 e. The van der Waals surface area contributed by atoms with Crippen molar-refractivity contribution in [2.45, 2.75) is 12.8 Å². The van der Waals surface area contributed by atoms with Crippen LogP contribution in [0.5, 0.6) is 0 Å². The van der Waals surface area contributed by atoms with Crippen molar-refractivity contribution in [1.29, 1.82) is 0 Å². The summed E-state index contributed by atoms with van der Waals surface area (Å²) >= 11 is 0. The van der Waals surface area contributed by atoms with Gasteiger partial charge in [0.1, 0.15) is 5.69 Å². The molecule has 0 atom stereocenters. The number of nitrogens with one attached hydrogen (secondary N) is 2. The van der Waals surface area contributed by atoms with E-state index in [0.29, 0.717) is 31.5 Å². The first-order chi connectivity index (χ1) is 13.7. The zero-order chi connectivity index (χ0) is 19.6. The Morgan fingerprint density at radius 2 is 1.25 bits per heavy atom. The van der Waals surface area contributed by atoms with Crippen molar-refractivity contribution in [1.82, 2.24) is 25.6 Å². The van der Waals surface area contributed by atoms with Gasteiger partial charge in [-0.15, -0.1) is 0 Å². The van der Waals surface area contributed by atoms with Gasteiger partial charge in [-0.3, -0.25) is 24.5 Å². The number of pyridine rings is 3. The minimum Gasteiger partial charge on any atom is -0.352 e. The molecule has 0 aromatic carbocycles. The lowest BCUT2D eigenvalue weighted by Gasteiger charge is -2.08. The topological polar surface area (TPSA) is 96.9 Å². The Kier molecular flexibility index (Phi) is 6.78. The summed E-state index contributed by atoms with van der Waals surface area (Å²) in [6.45, 7) is 0.978. The van der Waals surface area contributed by atoms with Crippen LogP contribution in [0, 0.1) is 0 Å². The molecule has 0 aliphatic carbocycles. The third-order valence-electron chi connectivity index (χ3n) is 4.15. The van der Waals surface area contributed by atoms with Gasteiger partial charge >= 0.3 is 0 Å². The molecule has 0 bridgehead atoms. The van der Waals surface area contributed by atoms with E-state index < -0.39 is 0 Å². The summed E-state index contributed by atoms with van der Waals surface area (Å²) < 4.78 is 0. The number of hydrogen-bond donors (Lipinski definition) is 2. The van der Waals surface area contributed by atoms with Crippen molar-refractivity contribution in [3.05, 3.63) is 89.8 Å². The van der Waals surface area contributed by atoms with E-state index in [2.05, 4.69) is 25.6 Å². The Morgan fingerprint density at radius 1 is 0.714 bits per heavy atom. The zero-order valence-electron chi connectivity index (χ0n) is 15.3. The fraction of sp³-hybridized carbons (Fsp3) is 0.190. The maximum absolute atomic E-state index is 12.3. The highest BCUT2D eigenvalue weighted by Crippen LogP contribution is 2.03. The monoisotopic (exact) mass is 375 g/mol. The Bertz CT molecular complexity index is 844. The van der Waals surface area contributed by atoms with Crippen LogP contribution in [-0.2, 0) is 12.8 Å². The molecule has 0 saturated heterocycles. The Balaban J connectivity index is 1.49. The number of nitrogens with zero attached hydrogens (tertiary/aromatic N) is 3. The van der Waals surface area contributed by atoms with E-state index in [1.165, 1.54) is 12.3 Å². The quantitative estimate of drug-likeness (QED) is 0.626. The summed E-state index contributed by atoms with van der Waals surface area (Å²) in [7, 11) is 0. The summed E-state index contributed by atoms with van der Waals surface area (Å²) in [6.07, 6.45) is 9.75. The standard InChI is InChI=1S/C21H21N5O2/c27-20(25-12-5-16-1-8-22-9-2-16)18-7-14-24-19(15-18)21(28)26-13-6-17-3-10-23-11-4-17/h1-4,7-11,14-15H,5-6,12-13H2,(H,25,27)(H,26,28). The number of carbonyl (C=O) groups is 2. The van der Waals surface area contributed by atoms with Gasteiger partial charge in [-0.2, -0.15) is 0 Å². The summed E-state index contributed by atoms with van der Waals surface area (Å²) in [5.41, 5.74) is 2.81. The number of rotatable bonds is 8. The lowest BCUT2D eigenvalue weighted by Crippen LogP contribution is -2.28. The van der Waals surface area contributed by atoms with Crippen molar-refractivity contribution < 1.29 is 9.59 Å². The zero-order valence-corrected chi connectivity index (χ0v) is 15.3. The Morgan fingerprint density at radius 3 is 1.82 bits per heavy atom. The molecule has 28 heavy (non-hydrogen) atoms. The van der Waals surface area contributed by atoms with Crippen LogP contribution >= 0.6 is 0 Å². The molecule has 7 heteroatoms. The van der Waals surface area contributed by atoms with Gasteiger partial charge in [0, 0.05) is 49.6 Å². The molecule has 0 saturated carbocycles. The van der Waals surface area contributed by atoms with Gasteiger partial charge in [0.2, 0.25) is 0 Å². The van der Waals surface area contributed by atoms with E-state index in [0.717, 1.165) is 11.1 Å². The normalized spacial score (nSPS) is 10.3. The molecule has 3 aromatic rings. The number of aromatic nitrogens is 3. The summed E-state index contributed by atoms with van der Waals surface area (Å²) in [5, 5.41) is 5.67. The first kappa shape index (κ1) is 19.2. The molecule has 142 valence electrons. The minimum absolute atomic E-state index is 0.219. The van der Waals surface area contributed by atoms with Crippen LogP contribution in [0.25, 0.3) is 0 Å². The van der Waals surface area contributed by atoms with Crippen molar-refractivity contribution in [2.75, 3.05) is 13.1 Å². The van der Waals surface area contributed by atoms with Crippen LogP contribution in [-0.4, -0.2) is 39.9 Å². The third kappa shape index (κ3) is 5.70. The van der Waals surface area contributed by atoms with Crippen molar-refractivity contribution >= 4 is 11.8 Å². The molecule has 2 N–H and O–H groups in total. The highest BCUT2D eigenvalue weighted by atomic mass is 16.2. The second-order valence-corrected chi connectivity index (χ2v) is 6.15. The fourth-order valence-corrected chi connectivity index (χ4v) is 2.63. The van der Waals surface area contributed by atoms with E-state index >= 15 is 0 Å². The average molecular weight is 375 g/mol. The second kappa shape index (κ2) is 9.91. The largest absolute Gasteiger partial charge is 0.352 e. The van der Waals surface area contributed by atoms with E-state index in [9.17, 15) is 9.59 Å². The van der Waals surface area contributed by atoms with Crippen LogP contribution in [0.4, 0.5) is 0 Å². The first-order valence-corrected chi connectivity index (χ1v) is 9.02. The van der Waals surface area contributed by atoms with Crippen LogP contribution in [0.2, 0.25) is 0 Å². The number of hydrogen-bond acceptors (Lipinski definition) is 5. The molecule has 3 rings (SSSR count). The minimum atomic E-state index is -0.305. The molecule has 0 radical (unpaired) electrons. The van der Waals surface area contributed by atoms with Gasteiger partial charge in [0.05, 0.1) is 0 Å². The molecular formula is C21H21N5O2. The van der Waals surface area contributed by atoms with Gasteiger partial charge in [0.25, 0.3) is 11.8 Å². The first-order valence-electron chi connectivity index (χ1n) is 9.02. The highest BCUT2D eigenvalue weighted by molar-refractivity contribution is 5.98. The summed E-state index contributed by atoms with van der Waals surface area (Å²) in [4.78, 5) is 36.6. The molecule has 3 aromatic heterocycles. The van der Waals surface area contributed by atoms with Gasteiger partial charge in [0.15, 0.2) is 0 Å². The van der Waals surface area contributed by atoms with Crippen LogP contribution in [0.15, 0.2) is 67.4 Å². The molecule has 2 amide bonds. The third-order valence-corrected chi connectivity index (χ3v) is 4.15. The molecule has 0 spiro atoms. The van der Waals surface area contributed by atoms with Crippen molar-refractivity contribution in [2.24, 2.45) is 0 Å². The molecule has 0 aliphatic rings. The maximum atomic E-state index is 12.3. The Labute approximate surface area is 163 Å². The summed E-state index contributed by atoms with van der Waals surface area (Å²) in [6, 6.07) is 10.7. The van der Waals surface area contributed by atoms with Gasteiger partial charge in [-0.1, -0.05) is 0 Å². The predicted octanol–water partition coefficient (Wildman–Crippen LogP) is 1.82. The van der Waals surface area contributed by atoms with Gasteiger partial charge < -0.3 is 10.6 Å². The van der Waals surface area contributed by atoms with Crippen molar-refractivity contribution in [3.8, 4) is 0 Å². The molecular weight excluding hydrogens is 354 g/mol. The van der Waals surface area contributed by atoms with E-state index in [-0.39, 0.29) is 17.5 Å². The van der Waals surface area contributed by atoms with Crippen LogP contribution < -0.4 is 10.6 Å². The van der Waals surface area contributed by atoms with Gasteiger partial charge in [-0.05, 0) is 60.4 Å². The van der Waals surface area contributed by atoms with Gasteiger partial charge in [-0.25, -0.2) is 0 Å². The molecule has 0 unspecified atom stereocenters. The molecule has 3 heterocycles. The number of carbonyl (C=O) groups excluding carboxylic acids is 2. The SMILES string of the molecule is O=C(NCCc1ccncc1)c1ccnc(C(=O)NCCc2ccncc2)c1. The van der Waals surface area contributed by atoms with Crippen molar-refractivity contribution in [3.63, 3.8) is 0 Å². The summed E-state index contributed by atoms with van der Waals surface area (Å²) in [5.74, 6) is -0.539. The van der Waals surface area contributed by atoms with Crippen LogP contribution in [0.1, 0.15) is 32.0 Å². The van der Waals surface area contributed by atoms with E-state index in [4.69, 9.17) is 0 Å². The Hall–Kier alpha value is -3.61. The average Bonchev–Trinajstić information content (AvgIpc) is 2.75. The molecule has 0 aliphatic heterocycles. The van der Waals surface area contributed by atoms with Crippen LogP contribution in [0.3, 0.4) is 0 Å². The fourth-order valence-electron chi connectivity index (χ4n) is 2.63.